The van der Waals surface area contributed by atoms with E-state index in [-0.39, 0.29) is 22.2 Å². The molecule has 1 heterocycles. The van der Waals surface area contributed by atoms with Gasteiger partial charge in [-0.05, 0) is 29.4 Å². The van der Waals surface area contributed by atoms with Gasteiger partial charge in [0, 0.05) is 11.3 Å². The zero-order valence-corrected chi connectivity index (χ0v) is 11.3. The Balaban J connectivity index is 1.94. The first kappa shape index (κ1) is 13.2. The van der Waals surface area contributed by atoms with Crippen molar-refractivity contribution >= 4 is 23.5 Å². The van der Waals surface area contributed by atoms with Crippen molar-refractivity contribution in [2.24, 2.45) is 0 Å². The van der Waals surface area contributed by atoms with E-state index >= 15 is 0 Å². The molecule has 6 nitrogen and oxygen atoms in total. The Labute approximate surface area is 110 Å². The second-order valence-corrected chi connectivity index (χ2v) is 5.90. The lowest BCUT2D eigenvalue weighted by atomic mass is 9.88. The smallest absolute Gasteiger partial charge is 0.277 e. The number of aromatic nitrogens is 2. The number of nitrogen functional groups attached to an aromatic ring is 1. The lowest BCUT2D eigenvalue weighted by Gasteiger charge is -2.35. The van der Waals surface area contributed by atoms with Crippen LogP contribution in [0.1, 0.15) is 42.6 Å². The highest BCUT2D eigenvalue weighted by Crippen LogP contribution is 2.37. The minimum Gasteiger partial charge on any atom is -0.379 e. The standard InChI is InChI=1S/C11H18N4O2S/c1-18-11(5-3-2-4-6-11)7-13-10(16)8-9(12)15-17-14-8/h2-7H2,1H3,(H2,12,15)(H,13,16). The maximum absolute atomic E-state index is 11.9. The Morgan fingerprint density at radius 2 is 2.17 bits per heavy atom. The summed E-state index contributed by atoms with van der Waals surface area (Å²) in [5, 5.41) is 9.78. The van der Waals surface area contributed by atoms with Crippen LogP contribution in [0, 0.1) is 0 Å². The number of anilines is 1. The second-order valence-electron chi connectivity index (χ2n) is 4.63. The van der Waals surface area contributed by atoms with E-state index < -0.39 is 0 Å². The molecule has 18 heavy (non-hydrogen) atoms. The molecule has 3 N–H and O–H groups in total. The van der Waals surface area contributed by atoms with Crippen LogP contribution in [-0.2, 0) is 0 Å². The van der Waals surface area contributed by atoms with Crippen LogP contribution in [0.3, 0.4) is 0 Å². The largest absolute Gasteiger partial charge is 0.379 e. The van der Waals surface area contributed by atoms with E-state index in [1.165, 1.54) is 19.3 Å². The fourth-order valence-corrected chi connectivity index (χ4v) is 3.24. The van der Waals surface area contributed by atoms with Crippen molar-refractivity contribution in [2.75, 3.05) is 18.5 Å². The van der Waals surface area contributed by atoms with E-state index in [0.29, 0.717) is 6.54 Å². The number of nitrogens with zero attached hydrogens (tertiary/aromatic N) is 2. The van der Waals surface area contributed by atoms with Crippen LogP contribution in [-0.4, -0.2) is 33.8 Å². The fraction of sp³-hybridized carbons (Fsp3) is 0.727. The molecular formula is C11H18N4O2S. The predicted molar refractivity (Wildman–Crippen MR) is 70.4 cm³/mol. The lowest BCUT2D eigenvalue weighted by molar-refractivity contribution is 0.0937. The maximum Gasteiger partial charge on any atom is 0.277 e. The molecule has 0 saturated heterocycles. The fourth-order valence-electron chi connectivity index (χ4n) is 2.33. The monoisotopic (exact) mass is 270 g/mol. The Morgan fingerprint density at radius 3 is 2.72 bits per heavy atom. The van der Waals surface area contributed by atoms with Crippen LogP contribution in [0.15, 0.2) is 4.63 Å². The number of nitrogens with one attached hydrogen (secondary N) is 1. The molecule has 0 aromatic carbocycles. The molecule has 1 aromatic rings. The van der Waals surface area contributed by atoms with Gasteiger partial charge in [-0.25, -0.2) is 4.63 Å². The number of rotatable bonds is 4. The van der Waals surface area contributed by atoms with E-state index in [2.05, 4.69) is 26.5 Å². The summed E-state index contributed by atoms with van der Waals surface area (Å²) in [6.07, 6.45) is 8.12. The molecule has 1 amide bonds. The molecule has 0 atom stereocenters. The quantitative estimate of drug-likeness (QED) is 0.860. The number of carbonyl (C=O) groups is 1. The SMILES string of the molecule is CSC1(CNC(=O)c2nonc2N)CCCCC1. The van der Waals surface area contributed by atoms with Crippen LogP contribution >= 0.6 is 11.8 Å². The molecule has 1 aliphatic carbocycles. The minimum atomic E-state index is -0.312. The summed E-state index contributed by atoms with van der Waals surface area (Å²) < 4.78 is 4.57. The highest BCUT2D eigenvalue weighted by molar-refractivity contribution is 8.00. The second kappa shape index (κ2) is 5.60. The molecule has 1 fully saturated rings. The van der Waals surface area contributed by atoms with Gasteiger partial charge in [0.1, 0.15) is 0 Å². The Kier molecular flexibility index (Phi) is 4.11. The summed E-state index contributed by atoms with van der Waals surface area (Å²) >= 11 is 1.83. The van der Waals surface area contributed by atoms with Crippen molar-refractivity contribution in [1.82, 2.24) is 15.6 Å². The molecule has 0 radical (unpaired) electrons. The zero-order chi connectivity index (χ0) is 13.0. The van der Waals surface area contributed by atoms with Gasteiger partial charge < -0.3 is 11.1 Å². The highest BCUT2D eigenvalue weighted by atomic mass is 32.2. The summed E-state index contributed by atoms with van der Waals surface area (Å²) in [6.45, 7) is 0.638. The van der Waals surface area contributed by atoms with Gasteiger partial charge in [-0.2, -0.15) is 11.8 Å². The third-order valence-electron chi connectivity index (χ3n) is 3.50. The van der Waals surface area contributed by atoms with Crippen molar-refractivity contribution in [3.63, 3.8) is 0 Å². The van der Waals surface area contributed by atoms with E-state index in [1.807, 2.05) is 11.8 Å². The van der Waals surface area contributed by atoms with Crippen molar-refractivity contribution in [3.05, 3.63) is 5.69 Å². The Hall–Kier alpha value is -1.24. The molecule has 1 aromatic heterocycles. The first-order valence-electron chi connectivity index (χ1n) is 6.08. The topological polar surface area (TPSA) is 94.0 Å². The molecule has 1 aliphatic rings. The number of carbonyl (C=O) groups excluding carboxylic acids is 1. The molecule has 0 bridgehead atoms. The molecule has 7 heteroatoms. The van der Waals surface area contributed by atoms with Gasteiger partial charge in [0.2, 0.25) is 11.5 Å². The van der Waals surface area contributed by atoms with Crippen molar-refractivity contribution < 1.29 is 9.42 Å². The van der Waals surface area contributed by atoms with E-state index in [0.717, 1.165) is 12.8 Å². The Morgan fingerprint density at radius 1 is 1.44 bits per heavy atom. The van der Waals surface area contributed by atoms with Crippen molar-refractivity contribution in [1.29, 1.82) is 0 Å². The number of hydrogen-bond acceptors (Lipinski definition) is 6. The van der Waals surface area contributed by atoms with Crippen LogP contribution in [0.5, 0.6) is 0 Å². The van der Waals surface area contributed by atoms with Crippen LogP contribution in [0.2, 0.25) is 0 Å². The molecule has 2 rings (SSSR count). The summed E-state index contributed by atoms with van der Waals surface area (Å²) in [7, 11) is 0. The summed E-state index contributed by atoms with van der Waals surface area (Å²) in [5.41, 5.74) is 5.55. The average Bonchev–Trinajstić information content (AvgIpc) is 2.83. The van der Waals surface area contributed by atoms with Gasteiger partial charge in [0.05, 0.1) is 0 Å². The van der Waals surface area contributed by atoms with Crippen LogP contribution in [0.4, 0.5) is 5.82 Å². The summed E-state index contributed by atoms with van der Waals surface area (Å²) in [4.78, 5) is 11.9. The minimum absolute atomic E-state index is 0.0364. The number of thioether (sulfide) groups is 1. The van der Waals surface area contributed by atoms with Gasteiger partial charge in [-0.1, -0.05) is 19.3 Å². The zero-order valence-electron chi connectivity index (χ0n) is 10.4. The van der Waals surface area contributed by atoms with E-state index in [4.69, 9.17) is 5.73 Å². The van der Waals surface area contributed by atoms with Crippen LogP contribution < -0.4 is 11.1 Å². The third-order valence-corrected chi connectivity index (χ3v) is 4.92. The number of hydrogen-bond donors (Lipinski definition) is 2. The molecule has 0 aliphatic heterocycles. The number of amides is 1. The number of nitrogens with two attached hydrogens (primary N) is 1. The molecule has 0 spiro atoms. The van der Waals surface area contributed by atoms with Gasteiger partial charge in [-0.15, -0.1) is 0 Å². The normalized spacial score (nSPS) is 18.5. The predicted octanol–water partition coefficient (Wildman–Crippen LogP) is 1.45. The third kappa shape index (κ3) is 2.77. The van der Waals surface area contributed by atoms with Crippen LogP contribution in [0.25, 0.3) is 0 Å². The van der Waals surface area contributed by atoms with Gasteiger partial charge in [0.15, 0.2) is 0 Å². The highest BCUT2D eigenvalue weighted by Gasteiger charge is 2.32. The lowest BCUT2D eigenvalue weighted by Crippen LogP contribution is -2.42. The molecule has 100 valence electrons. The maximum atomic E-state index is 11.9. The van der Waals surface area contributed by atoms with E-state index in [1.54, 1.807) is 0 Å². The van der Waals surface area contributed by atoms with Gasteiger partial charge >= 0.3 is 0 Å². The van der Waals surface area contributed by atoms with Gasteiger partial charge in [-0.3, -0.25) is 4.79 Å². The summed E-state index contributed by atoms with van der Waals surface area (Å²) in [5.74, 6) is -0.276. The molecule has 0 unspecified atom stereocenters. The Bertz CT molecular complexity index is 415. The first-order valence-corrected chi connectivity index (χ1v) is 7.31. The molecule has 1 saturated carbocycles. The average molecular weight is 270 g/mol. The van der Waals surface area contributed by atoms with E-state index in [9.17, 15) is 4.79 Å². The van der Waals surface area contributed by atoms with Crippen molar-refractivity contribution in [2.45, 2.75) is 36.9 Å². The summed E-state index contributed by atoms with van der Waals surface area (Å²) in [6, 6.07) is 0. The first-order chi connectivity index (χ1) is 8.67. The van der Waals surface area contributed by atoms with Crippen molar-refractivity contribution in [3.8, 4) is 0 Å². The van der Waals surface area contributed by atoms with Gasteiger partial charge in [0.25, 0.3) is 5.91 Å². The molecular weight excluding hydrogens is 252 g/mol.